The zero-order valence-corrected chi connectivity index (χ0v) is 33.6. The van der Waals surface area contributed by atoms with Crippen molar-refractivity contribution in [2.75, 3.05) is 7.05 Å². The van der Waals surface area contributed by atoms with Crippen molar-refractivity contribution in [2.45, 2.75) is 120 Å². The van der Waals surface area contributed by atoms with Gasteiger partial charge in [0.25, 0.3) is 0 Å². The van der Waals surface area contributed by atoms with Gasteiger partial charge in [0.05, 0.1) is 0 Å². The molecule has 3 rings (SSSR count). The number of benzene rings is 3. The molecule has 0 aliphatic heterocycles. The van der Waals surface area contributed by atoms with E-state index in [1.54, 1.807) is 0 Å². The van der Waals surface area contributed by atoms with Crippen molar-refractivity contribution in [1.29, 1.82) is 0 Å². The van der Waals surface area contributed by atoms with E-state index in [4.69, 9.17) is 3.90 Å². The molecule has 0 aromatic heterocycles. The van der Waals surface area contributed by atoms with Crippen molar-refractivity contribution < 1.29 is 0 Å². The van der Waals surface area contributed by atoms with Crippen LogP contribution in [0.1, 0.15) is 84.0 Å². The second-order valence-electron chi connectivity index (χ2n) is 15.0. The van der Waals surface area contributed by atoms with Gasteiger partial charge in [0.2, 0.25) is 0 Å². The first-order valence-electron chi connectivity index (χ1n) is 15.7. The van der Waals surface area contributed by atoms with E-state index in [2.05, 4.69) is 158 Å². The molecule has 3 aromatic rings. The summed E-state index contributed by atoms with van der Waals surface area (Å²) in [5.41, 5.74) is 15.1. The van der Waals surface area contributed by atoms with Crippen LogP contribution in [0.5, 0.6) is 0 Å². The molecule has 6 heteroatoms. The number of aryl methyl sites for hydroxylation is 6. The number of hydrogen-bond acceptors (Lipinski definition) is 1. The summed E-state index contributed by atoms with van der Waals surface area (Å²) in [7, 11) is -3.88. The van der Waals surface area contributed by atoms with Gasteiger partial charge in [-0.15, -0.1) is 0 Å². The molecule has 0 saturated carbocycles. The van der Waals surface area contributed by atoms with Gasteiger partial charge in [0.1, 0.15) is 0 Å². The summed E-state index contributed by atoms with van der Waals surface area (Å²) in [6.45, 7) is 38.2. The van der Waals surface area contributed by atoms with E-state index in [0.717, 1.165) is 0 Å². The molecule has 0 aliphatic carbocycles. The van der Waals surface area contributed by atoms with Gasteiger partial charge in [0.15, 0.2) is 0 Å². The Morgan fingerprint density at radius 1 is 0.571 bits per heavy atom. The minimum atomic E-state index is -2.68. The van der Waals surface area contributed by atoms with Crippen LogP contribution < -0.4 is 7.05 Å². The fourth-order valence-electron chi connectivity index (χ4n) is 6.46. The fraction of sp³-hybridized carbons (Fsp3) is 0.500. The minimum absolute atomic E-state index is 0.410. The van der Waals surface area contributed by atoms with Crippen LogP contribution in [-0.2, 0) is 0 Å². The zero-order valence-electron chi connectivity index (χ0n) is 29.5. The third-order valence-electron chi connectivity index (χ3n) is 8.01. The Kier molecular flexibility index (Phi) is 10.6. The molecule has 0 fully saturated rings. The molecule has 0 saturated heterocycles. The van der Waals surface area contributed by atoms with Crippen LogP contribution in [0.15, 0.2) is 46.4 Å². The third kappa shape index (κ3) is 7.39. The Hall–Kier alpha value is -1.96. The molecule has 0 aliphatic rings. The summed E-state index contributed by atoms with van der Waals surface area (Å²) in [6, 6.07) is 16.4. The molecule has 0 amide bonds. The molecule has 0 heterocycles. The van der Waals surface area contributed by atoms with Gasteiger partial charge in [-0.05, 0) is 0 Å². The van der Waals surface area contributed by atoms with Crippen molar-refractivity contribution in [3.63, 3.8) is 0 Å². The average Bonchev–Trinajstić information content (AvgIpc) is 2.80. The molecule has 0 spiro atoms. The first-order valence-corrected chi connectivity index (χ1v) is 25.4. The Morgan fingerprint density at radius 3 is 1.14 bits per heavy atom. The van der Waals surface area contributed by atoms with Crippen molar-refractivity contribution in [3.8, 4) is 0 Å². The molecule has 228 valence electrons. The van der Waals surface area contributed by atoms with Crippen molar-refractivity contribution in [2.24, 2.45) is 3.90 Å². The maximum absolute atomic E-state index is 6.18. The third-order valence-corrected chi connectivity index (χ3v) is 25.2. The SMILES string of the molecule is Cc1cc(C)c([N]([Ge](=[N]c2c(C(C)C)cccc2C(C)C)[N](c2c(C)cc(C)cc2C)[Si](C)(C)C)[Si](C)(C)C)c(C)c1. The maximum atomic E-state index is 6.18. The standard InChI is InChI=1S/C36H57GeN3Si2/c1-24(2)32-18-17-19-33(25(3)4)34(32)38-37(39(41(11,12)13)35-28(7)20-26(5)21-29(35)8)40(42(14,15)16)36-30(9)22-27(6)23-31(36)10/h17-25H,1-16H3. The van der Waals surface area contributed by atoms with Gasteiger partial charge in [-0.2, -0.15) is 0 Å². The van der Waals surface area contributed by atoms with Gasteiger partial charge in [-0.25, -0.2) is 0 Å². The summed E-state index contributed by atoms with van der Waals surface area (Å²) >= 11 is -2.68. The average molecular weight is 661 g/mol. The zero-order chi connectivity index (χ0) is 31.9. The van der Waals surface area contributed by atoms with Crippen LogP contribution in [0.25, 0.3) is 0 Å². The van der Waals surface area contributed by atoms with Gasteiger partial charge >= 0.3 is 266 Å². The Balaban J connectivity index is 2.65. The van der Waals surface area contributed by atoms with E-state index in [-0.39, 0.29) is 0 Å². The molecule has 0 radical (unpaired) electrons. The normalized spacial score (nSPS) is 12.2. The molecule has 3 nitrogen and oxygen atoms in total. The fourth-order valence-corrected chi connectivity index (χ4v) is 23.5. The van der Waals surface area contributed by atoms with Crippen molar-refractivity contribution in [1.82, 2.24) is 0 Å². The van der Waals surface area contributed by atoms with Gasteiger partial charge in [0, 0.05) is 0 Å². The van der Waals surface area contributed by atoms with E-state index in [1.807, 2.05) is 0 Å². The monoisotopic (exact) mass is 661 g/mol. The predicted molar refractivity (Wildman–Crippen MR) is 195 cm³/mol. The van der Waals surface area contributed by atoms with E-state index < -0.39 is 31.1 Å². The van der Waals surface area contributed by atoms with E-state index in [1.165, 1.54) is 61.6 Å². The number of nitrogens with zero attached hydrogens (tertiary/aromatic N) is 3. The van der Waals surface area contributed by atoms with Crippen LogP contribution in [0.3, 0.4) is 0 Å². The Morgan fingerprint density at radius 2 is 0.881 bits per heavy atom. The first-order chi connectivity index (χ1) is 19.2. The van der Waals surface area contributed by atoms with Gasteiger partial charge in [-0.3, -0.25) is 0 Å². The van der Waals surface area contributed by atoms with Crippen LogP contribution in [0, 0.1) is 41.5 Å². The summed E-state index contributed by atoms with van der Waals surface area (Å²) in [5, 5.41) is 0. The Labute approximate surface area is 265 Å². The molecular formula is C36H57GeN3Si2. The second kappa shape index (κ2) is 13.0. The van der Waals surface area contributed by atoms with E-state index in [0.29, 0.717) is 11.8 Å². The van der Waals surface area contributed by atoms with Crippen molar-refractivity contribution >= 4 is 48.1 Å². The van der Waals surface area contributed by atoms with Gasteiger partial charge in [-0.1, -0.05) is 0 Å². The van der Waals surface area contributed by atoms with E-state index in [9.17, 15) is 0 Å². The van der Waals surface area contributed by atoms with Crippen LogP contribution in [0.4, 0.5) is 17.1 Å². The summed E-state index contributed by atoms with van der Waals surface area (Å²) in [5.74, 6) is 0.821. The van der Waals surface area contributed by atoms with Crippen LogP contribution >= 0.6 is 0 Å². The molecule has 0 N–H and O–H groups in total. The number of hydrogen-bond donors (Lipinski definition) is 0. The van der Waals surface area contributed by atoms with Crippen LogP contribution in [-0.4, -0.2) is 31.1 Å². The molecule has 3 aromatic carbocycles. The second-order valence-corrected chi connectivity index (χ2v) is 30.1. The molecule has 0 bridgehead atoms. The predicted octanol–water partition coefficient (Wildman–Crippen LogP) is 11.4. The summed E-state index contributed by atoms with van der Waals surface area (Å²) in [6.07, 6.45) is 0. The summed E-state index contributed by atoms with van der Waals surface area (Å²) < 4.78 is 12.1. The van der Waals surface area contributed by atoms with Crippen molar-refractivity contribution in [3.05, 3.63) is 87.0 Å². The molecule has 0 atom stereocenters. The molecular weight excluding hydrogens is 603 g/mol. The van der Waals surface area contributed by atoms with Gasteiger partial charge < -0.3 is 0 Å². The number of rotatable bonds is 9. The van der Waals surface area contributed by atoms with Crippen LogP contribution in [0.2, 0.25) is 39.3 Å². The van der Waals surface area contributed by atoms with E-state index >= 15 is 0 Å². The Bertz CT molecular complexity index is 1330. The summed E-state index contributed by atoms with van der Waals surface area (Å²) in [4.78, 5) is 0. The number of anilines is 2. The first kappa shape index (κ1) is 34.5. The molecule has 0 unspecified atom stereocenters. The quantitative estimate of drug-likeness (QED) is 0.213. The molecule has 42 heavy (non-hydrogen) atoms. The topological polar surface area (TPSA) is 18.8 Å².